The molecule has 33 heavy (non-hydrogen) atoms. The predicted molar refractivity (Wildman–Crippen MR) is 131 cm³/mol. The molecule has 0 saturated carbocycles. The van der Waals surface area contributed by atoms with Crippen molar-refractivity contribution in [3.63, 3.8) is 0 Å². The van der Waals surface area contributed by atoms with Crippen LogP contribution in [0, 0.1) is 5.82 Å². The second kappa shape index (κ2) is 10.1. The highest BCUT2D eigenvalue weighted by Gasteiger charge is 2.14. The topological polar surface area (TPSA) is 74.3 Å². The van der Waals surface area contributed by atoms with E-state index >= 15 is 0 Å². The lowest BCUT2D eigenvalue weighted by molar-refractivity contribution is 0.102. The van der Waals surface area contributed by atoms with E-state index in [0.717, 1.165) is 16.5 Å². The van der Waals surface area contributed by atoms with E-state index in [2.05, 4.69) is 28.4 Å². The largest absolute Gasteiger partial charge is 0.337 e. The molecule has 0 aliphatic heterocycles. The first-order valence-corrected chi connectivity index (χ1v) is 10.7. The van der Waals surface area contributed by atoms with Gasteiger partial charge in [-0.05, 0) is 60.5 Å². The molecule has 166 valence electrons. The van der Waals surface area contributed by atoms with Gasteiger partial charge in [0.2, 0.25) is 0 Å². The molecule has 0 atom stereocenters. The molecule has 3 aromatic carbocycles. The van der Waals surface area contributed by atoms with Gasteiger partial charge in [-0.2, -0.15) is 0 Å². The van der Waals surface area contributed by atoms with Crippen molar-refractivity contribution in [2.24, 2.45) is 0 Å². The number of fused-ring (bicyclic) bond motifs is 1. The van der Waals surface area contributed by atoms with Crippen LogP contribution in [0.1, 0.15) is 15.9 Å². The summed E-state index contributed by atoms with van der Waals surface area (Å²) in [5, 5.41) is 6.54. The summed E-state index contributed by atoms with van der Waals surface area (Å²) < 4.78 is 15.0. The number of rotatable bonds is 6. The summed E-state index contributed by atoms with van der Waals surface area (Å²) >= 11 is 4.28. The van der Waals surface area contributed by atoms with Gasteiger partial charge in [0.25, 0.3) is 5.91 Å². The minimum atomic E-state index is -0.593. The maximum absolute atomic E-state index is 13.8. The minimum Gasteiger partial charge on any atom is -0.337 e. The minimum absolute atomic E-state index is 0.0428. The Morgan fingerprint density at radius 1 is 0.939 bits per heavy atom. The molecule has 0 spiro atoms. The van der Waals surface area contributed by atoms with Crippen molar-refractivity contribution in [2.75, 3.05) is 16.2 Å². The molecule has 0 saturated heterocycles. The quantitative estimate of drug-likeness (QED) is 0.345. The fourth-order valence-corrected chi connectivity index (χ4v) is 3.60. The van der Waals surface area contributed by atoms with Crippen molar-refractivity contribution < 1.29 is 14.0 Å². The lowest BCUT2D eigenvalue weighted by atomic mass is 10.1. The van der Waals surface area contributed by atoms with E-state index in [1.165, 1.54) is 22.5 Å². The second-order valence-electron chi connectivity index (χ2n) is 7.26. The van der Waals surface area contributed by atoms with E-state index in [1.54, 1.807) is 36.5 Å². The normalized spacial score (nSPS) is 10.6. The lowest BCUT2D eigenvalue weighted by Crippen LogP contribution is -2.35. The van der Waals surface area contributed by atoms with Crippen LogP contribution in [0.5, 0.6) is 0 Å². The molecule has 6 nitrogen and oxygen atoms in total. The van der Waals surface area contributed by atoms with Crippen LogP contribution in [0.15, 0.2) is 85.1 Å². The Hall–Kier alpha value is -3.91. The van der Waals surface area contributed by atoms with Crippen LogP contribution in [0.4, 0.5) is 20.6 Å². The summed E-state index contributed by atoms with van der Waals surface area (Å²) in [4.78, 5) is 29.1. The third-order valence-corrected chi connectivity index (χ3v) is 5.50. The average molecular weight is 461 g/mol. The maximum Gasteiger partial charge on any atom is 0.331 e. The Balaban J connectivity index is 1.33. The number of aromatic nitrogens is 1. The monoisotopic (exact) mass is 460 g/mol. The van der Waals surface area contributed by atoms with E-state index in [0.29, 0.717) is 24.3 Å². The third-order valence-electron chi connectivity index (χ3n) is 5.09. The molecular formula is C25H21FN4O2S. The highest BCUT2D eigenvalue weighted by Crippen LogP contribution is 2.21. The Bertz CT molecular complexity index is 1290. The molecule has 8 heteroatoms. The highest BCUT2D eigenvalue weighted by molar-refractivity contribution is 7.82. The molecule has 1 heterocycles. The molecule has 4 rings (SSSR count). The molecule has 1 aromatic heterocycles. The molecule has 0 aliphatic carbocycles. The van der Waals surface area contributed by atoms with Gasteiger partial charge in [-0.3, -0.25) is 9.78 Å². The Kier molecular flexibility index (Phi) is 6.85. The fraction of sp³-hybridized carbons (Fsp3) is 0.0800. The number of nitrogens with one attached hydrogen (secondary N) is 2. The zero-order chi connectivity index (χ0) is 23.2. The number of halogens is 1. The molecule has 0 aliphatic rings. The molecule has 2 N–H and O–H groups in total. The molecule has 0 bridgehead atoms. The first kappa shape index (κ1) is 22.3. The van der Waals surface area contributed by atoms with Gasteiger partial charge in [0.1, 0.15) is 5.82 Å². The van der Waals surface area contributed by atoms with Gasteiger partial charge in [0, 0.05) is 23.8 Å². The Labute approximate surface area is 196 Å². The zero-order valence-corrected chi connectivity index (χ0v) is 18.4. The number of pyridine rings is 1. The zero-order valence-electron chi connectivity index (χ0n) is 17.5. The van der Waals surface area contributed by atoms with Gasteiger partial charge in [0.05, 0.1) is 16.8 Å². The number of amides is 3. The third kappa shape index (κ3) is 5.30. The van der Waals surface area contributed by atoms with Crippen LogP contribution < -0.4 is 14.9 Å². The summed E-state index contributed by atoms with van der Waals surface area (Å²) in [6.07, 6.45) is 2.41. The summed E-state index contributed by atoms with van der Waals surface area (Å²) in [7, 11) is 0. The van der Waals surface area contributed by atoms with Crippen molar-refractivity contribution in [2.45, 2.75) is 6.42 Å². The van der Waals surface area contributed by atoms with E-state index < -0.39 is 11.7 Å². The number of anilines is 2. The molecule has 0 fully saturated rings. The van der Waals surface area contributed by atoms with Gasteiger partial charge < -0.3 is 10.6 Å². The van der Waals surface area contributed by atoms with Gasteiger partial charge >= 0.3 is 6.03 Å². The number of carbonyl (C=O) groups is 2. The fourth-order valence-electron chi connectivity index (χ4n) is 3.40. The number of hydrogen-bond donors (Lipinski definition) is 3. The van der Waals surface area contributed by atoms with Crippen LogP contribution in [-0.4, -0.2) is 23.5 Å². The number of para-hydroxylation sites is 1. The maximum atomic E-state index is 13.8. The van der Waals surface area contributed by atoms with E-state index in [9.17, 15) is 14.0 Å². The Morgan fingerprint density at radius 3 is 2.45 bits per heavy atom. The number of thiol groups is 1. The Morgan fingerprint density at radius 2 is 1.67 bits per heavy atom. The van der Waals surface area contributed by atoms with Crippen molar-refractivity contribution >= 4 is 47.0 Å². The first-order valence-electron chi connectivity index (χ1n) is 10.3. The summed E-state index contributed by atoms with van der Waals surface area (Å²) in [5.41, 5.74) is 2.97. The molecule has 0 radical (unpaired) electrons. The van der Waals surface area contributed by atoms with Crippen LogP contribution >= 0.6 is 12.8 Å². The summed E-state index contributed by atoms with van der Waals surface area (Å²) in [6, 6.07) is 21.7. The van der Waals surface area contributed by atoms with Crippen LogP contribution in [-0.2, 0) is 6.42 Å². The average Bonchev–Trinajstić information content (AvgIpc) is 2.84. The number of nitrogens with zero attached hydrogens (tertiary/aromatic N) is 2. The van der Waals surface area contributed by atoms with E-state index in [4.69, 9.17) is 0 Å². The van der Waals surface area contributed by atoms with Crippen molar-refractivity contribution in [3.8, 4) is 0 Å². The van der Waals surface area contributed by atoms with Crippen molar-refractivity contribution in [3.05, 3.63) is 102 Å². The van der Waals surface area contributed by atoms with Gasteiger partial charge in [-0.25, -0.2) is 13.5 Å². The van der Waals surface area contributed by atoms with Crippen LogP contribution in [0.25, 0.3) is 10.9 Å². The molecular weight excluding hydrogens is 439 g/mol. The van der Waals surface area contributed by atoms with Crippen molar-refractivity contribution in [1.29, 1.82) is 0 Å². The number of carbonyl (C=O) groups excluding carboxylic acids is 2. The smallest absolute Gasteiger partial charge is 0.331 e. The van der Waals surface area contributed by atoms with E-state index in [1.807, 2.05) is 30.3 Å². The van der Waals surface area contributed by atoms with Gasteiger partial charge in [-0.15, -0.1) is 0 Å². The number of benzene rings is 3. The highest BCUT2D eigenvalue weighted by atomic mass is 32.1. The van der Waals surface area contributed by atoms with Crippen LogP contribution in [0.2, 0.25) is 0 Å². The molecule has 3 amide bonds. The SMILES string of the molecule is O=C(Nc1ccc(N(S)C(=O)NCCc2ccnc3ccccc23)cc1)c1ccccc1F. The second-order valence-corrected chi connectivity index (χ2v) is 7.66. The van der Waals surface area contributed by atoms with Gasteiger partial charge in [-0.1, -0.05) is 43.1 Å². The van der Waals surface area contributed by atoms with Gasteiger partial charge in [0.15, 0.2) is 0 Å². The summed E-state index contributed by atoms with van der Waals surface area (Å²) in [6.45, 7) is 0.431. The molecule has 4 aromatic rings. The van der Waals surface area contributed by atoms with Crippen molar-refractivity contribution in [1.82, 2.24) is 10.3 Å². The van der Waals surface area contributed by atoms with Crippen LogP contribution in [0.3, 0.4) is 0 Å². The summed E-state index contributed by atoms with van der Waals surface area (Å²) in [5.74, 6) is -1.14. The number of hydrogen-bond acceptors (Lipinski definition) is 4. The lowest BCUT2D eigenvalue weighted by Gasteiger charge is -2.17. The number of urea groups is 1. The predicted octanol–water partition coefficient (Wildman–Crippen LogP) is 5.23. The standard InChI is InChI=1S/C25H21FN4O2S/c26-22-7-3-1-6-21(22)24(31)29-18-9-11-19(12-10-18)30(33)25(32)28-16-14-17-13-15-27-23-8-4-2-5-20(17)23/h1-13,15,33H,14,16H2,(H,28,32)(H,29,31). The van der Waals surface area contributed by atoms with E-state index in [-0.39, 0.29) is 11.6 Å². The first-order chi connectivity index (χ1) is 16.0. The molecule has 0 unspecified atom stereocenters.